The van der Waals surface area contributed by atoms with Crippen LogP contribution in [0.4, 0.5) is 22.0 Å². The van der Waals surface area contributed by atoms with E-state index in [0.717, 1.165) is 5.56 Å². The molecule has 0 fully saturated rings. The molecule has 0 unspecified atom stereocenters. The molecule has 1 rings (SSSR count). The molecule has 0 aliphatic heterocycles. The van der Waals surface area contributed by atoms with Gasteiger partial charge in [0.1, 0.15) is 5.75 Å². The molecule has 0 aliphatic carbocycles. The minimum atomic E-state index is -5.61. The predicted molar refractivity (Wildman–Crippen MR) is 50.8 cm³/mol. The molecule has 2 N–H and O–H groups in total. The van der Waals surface area contributed by atoms with Crippen molar-refractivity contribution in [3.8, 4) is 5.75 Å². The molecule has 0 amide bonds. The molecule has 1 aromatic rings. The number of halogens is 5. The van der Waals surface area contributed by atoms with Crippen LogP contribution < -0.4 is 10.5 Å². The van der Waals surface area contributed by atoms with E-state index in [1.165, 1.54) is 24.3 Å². The molecule has 17 heavy (non-hydrogen) atoms. The lowest BCUT2D eigenvalue weighted by atomic mass is 10.2. The van der Waals surface area contributed by atoms with Crippen molar-refractivity contribution in [3.63, 3.8) is 0 Å². The van der Waals surface area contributed by atoms with Crippen LogP contribution in [0.1, 0.15) is 5.56 Å². The molecule has 0 atom stereocenters. The van der Waals surface area contributed by atoms with E-state index < -0.39 is 18.7 Å². The van der Waals surface area contributed by atoms with Gasteiger partial charge in [0, 0.05) is 6.54 Å². The van der Waals surface area contributed by atoms with Gasteiger partial charge in [-0.25, -0.2) is 0 Å². The third kappa shape index (κ3) is 3.55. The first-order chi connectivity index (χ1) is 7.76. The van der Waals surface area contributed by atoms with E-state index in [4.69, 9.17) is 5.73 Å². The molecular weight excluding hydrogens is 245 g/mol. The van der Waals surface area contributed by atoms with Gasteiger partial charge in [0.25, 0.3) is 0 Å². The quantitative estimate of drug-likeness (QED) is 0.839. The Bertz CT molecular complexity index is 360. The summed E-state index contributed by atoms with van der Waals surface area (Å²) in [4.78, 5) is 0. The van der Waals surface area contributed by atoms with Crippen molar-refractivity contribution in [2.75, 3.05) is 6.61 Å². The van der Waals surface area contributed by atoms with Gasteiger partial charge < -0.3 is 10.5 Å². The zero-order valence-electron chi connectivity index (χ0n) is 8.60. The van der Waals surface area contributed by atoms with Gasteiger partial charge in [0.05, 0.1) is 0 Å². The number of hydrogen-bond acceptors (Lipinski definition) is 2. The van der Waals surface area contributed by atoms with Crippen molar-refractivity contribution in [2.45, 2.75) is 18.6 Å². The van der Waals surface area contributed by atoms with E-state index in [0.29, 0.717) is 0 Å². The van der Waals surface area contributed by atoms with Crippen molar-refractivity contribution in [1.29, 1.82) is 0 Å². The first kappa shape index (κ1) is 13.7. The van der Waals surface area contributed by atoms with Crippen LogP contribution in [0.3, 0.4) is 0 Å². The van der Waals surface area contributed by atoms with Gasteiger partial charge in [-0.15, -0.1) is 0 Å². The fraction of sp³-hybridized carbons (Fsp3) is 0.400. The fourth-order valence-corrected chi connectivity index (χ4v) is 0.978. The van der Waals surface area contributed by atoms with Crippen molar-refractivity contribution < 1.29 is 26.7 Å². The van der Waals surface area contributed by atoms with Crippen LogP contribution in [0.5, 0.6) is 5.75 Å². The summed E-state index contributed by atoms with van der Waals surface area (Å²) in [6.45, 7) is -1.49. The summed E-state index contributed by atoms with van der Waals surface area (Å²) in [6, 6.07) is 5.55. The highest BCUT2D eigenvalue weighted by atomic mass is 19.4. The fourth-order valence-electron chi connectivity index (χ4n) is 0.978. The Hall–Kier alpha value is -1.37. The van der Waals surface area contributed by atoms with Crippen LogP contribution >= 0.6 is 0 Å². The van der Waals surface area contributed by atoms with Gasteiger partial charge in [-0.05, 0) is 17.7 Å². The predicted octanol–water partition coefficient (Wildman–Crippen LogP) is 2.72. The van der Waals surface area contributed by atoms with Crippen LogP contribution in [0, 0.1) is 0 Å². The Balaban J connectivity index is 2.61. The lowest BCUT2D eigenvalue weighted by Gasteiger charge is -2.19. The molecule has 0 aliphatic rings. The molecule has 96 valence electrons. The van der Waals surface area contributed by atoms with E-state index in [1.54, 1.807) is 0 Å². The average Bonchev–Trinajstić information content (AvgIpc) is 2.25. The topological polar surface area (TPSA) is 35.2 Å². The first-order valence-electron chi connectivity index (χ1n) is 4.62. The van der Waals surface area contributed by atoms with Crippen LogP contribution in [-0.2, 0) is 6.54 Å². The summed E-state index contributed by atoms with van der Waals surface area (Å²) >= 11 is 0. The number of nitrogens with two attached hydrogens (primary N) is 1. The first-order valence-corrected chi connectivity index (χ1v) is 4.62. The summed E-state index contributed by atoms with van der Waals surface area (Å²) in [5.74, 6) is -4.93. The third-order valence-corrected chi connectivity index (χ3v) is 1.99. The molecule has 0 saturated carbocycles. The average molecular weight is 255 g/mol. The molecule has 0 bridgehead atoms. The lowest BCUT2D eigenvalue weighted by molar-refractivity contribution is -0.290. The molecule has 0 heterocycles. The van der Waals surface area contributed by atoms with Crippen molar-refractivity contribution in [1.82, 2.24) is 0 Å². The standard InChI is InChI=1S/C10H10F5NO/c11-9(12,10(13,14)15)6-17-8-3-1-7(5-16)2-4-8/h1-4H,5-6,16H2. The lowest BCUT2D eigenvalue weighted by Crippen LogP contribution is -2.41. The number of hydrogen-bond donors (Lipinski definition) is 1. The molecule has 0 saturated heterocycles. The normalized spacial score (nSPS) is 12.6. The SMILES string of the molecule is NCc1ccc(OCC(F)(F)C(F)(F)F)cc1. The summed E-state index contributed by atoms with van der Waals surface area (Å²) in [7, 11) is 0. The second kappa shape index (κ2) is 4.87. The van der Waals surface area contributed by atoms with Gasteiger partial charge in [0.2, 0.25) is 0 Å². The molecule has 1 aromatic carbocycles. The highest BCUT2D eigenvalue weighted by molar-refractivity contribution is 5.27. The Labute approximate surface area is 94.2 Å². The van der Waals surface area contributed by atoms with Gasteiger partial charge >= 0.3 is 12.1 Å². The van der Waals surface area contributed by atoms with Crippen LogP contribution in [0.15, 0.2) is 24.3 Å². The molecule has 7 heteroatoms. The highest BCUT2D eigenvalue weighted by Crippen LogP contribution is 2.35. The largest absolute Gasteiger partial charge is 0.487 e. The van der Waals surface area contributed by atoms with Crippen LogP contribution in [0.2, 0.25) is 0 Å². The smallest absolute Gasteiger partial charge is 0.456 e. The number of rotatable bonds is 4. The molecule has 2 nitrogen and oxygen atoms in total. The van der Waals surface area contributed by atoms with E-state index in [9.17, 15) is 22.0 Å². The molecule has 0 aromatic heterocycles. The second-order valence-corrected chi connectivity index (χ2v) is 3.34. The number of alkyl halides is 5. The molecular formula is C10H10F5NO. The minimum absolute atomic E-state index is 0.0638. The van der Waals surface area contributed by atoms with Crippen molar-refractivity contribution in [2.24, 2.45) is 5.73 Å². The monoisotopic (exact) mass is 255 g/mol. The molecule has 0 spiro atoms. The summed E-state index contributed by atoms with van der Waals surface area (Å²) in [6.07, 6.45) is -5.61. The summed E-state index contributed by atoms with van der Waals surface area (Å²) in [5.41, 5.74) is 6.01. The Morgan fingerprint density at radius 1 is 1.00 bits per heavy atom. The number of ether oxygens (including phenoxy) is 1. The second-order valence-electron chi connectivity index (χ2n) is 3.34. The maximum atomic E-state index is 12.5. The van der Waals surface area contributed by atoms with Crippen LogP contribution in [0.25, 0.3) is 0 Å². The van der Waals surface area contributed by atoms with E-state index in [2.05, 4.69) is 4.74 Å². The zero-order chi connectivity index (χ0) is 13.1. The van der Waals surface area contributed by atoms with Gasteiger partial charge in [-0.1, -0.05) is 12.1 Å². The van der Waals surface area contributed by atoms with Crippen molar-refractivity contribution >= 4 is 0 Å². The molecule has 0 radical (unpaired) electrons. The van der Waals surface area contributed by atoms with E-state index in [1.807, 2.05) is 0 Å². The Kier molecular flexibility index (Phi) is 3.92. The van der Waals surface area contributed by atoms with E-state index in [-0.39, 0.29) is 12.3 Å². The zero-order valence-corrected chi connectivity index (χ0v) is 8.60. The van der Waals surface area contributed by atoms with Gasteiger partial charge in [-0.2, -0.15) is 22.0 Å². The van der Waals surface area contributed by atoms with Gasteiger partial charge in [-0.3, -0.25) is 0 Å². The van der Waals surface area contributed by atoms with Crippen LogP contribution in [-0.4, -0.2) is 18.7 Å². The Morgan fingerprint density at radius 2 is 1.53 bits per heavy atom. The van der Waals surface area contributed by atoms with E-state index >= 15 is 0 Å². The Morgan fingerprint density at radius 3 is 1.94 bits per heavy atom. The third-order valence-electron chi connectivity index (χ3n) is 1.99. The summed E-state index contributed by atoms with van der Waals surface area (Å²) < 4.78 is 64.8. The summed E-state index contributed by atoms with van der Waals surface area (Å²) in [5, 5.41) is 0. The van der Waals surface area contributed by atoms with Gasteiger partial charge in [0.15, 0.2) is 6.61 Å². The highest BCUT2D eigenvalue weighted by Gasteiger charge is 2.58. The number of benzene rings is 1. The van der Waals surface area contributed by atoms with Crippen molar-refractivity contribution in [3.05, 3.63) is 29.8 Å². The maximum absolute atomic E-state index is 12.5. The minimum Gasteiger partial charge on any atom is -0.487 e. The maximum Gasteiger partial charge on any atom is 0.456 e.